The summed E-state index contributed by atoms with van der Waals surface area (Å²) in [6.07, 6.45) is 4.14. The van der Waals surface area contributed by atoms with Gasteiger partial charge in [-0.15, -0.1) is 0 Å². The number of carbonyl (C=O) groups is 1. The zero-order valence-corrected chi connectivity index (χ0v) is 13.3. The number of aromatic nitrogens is 1. The monoisotopic (exact) mass is 323 g/mol. The second-order valence-electron chi connectivity index (χ2n) is 6.07. The highest BCUT2D eigenvalue weighted by Gasteiger charge is 2.37. The minimum atomic E-state index is -0.343. The summed E-state index contributed by atoms with van der Waals surface area (Å²) in [7, 11) is 0. The van der Waals surface area contributed by atoms with Gasteiger partial charge in [0, 0.05) is 11.6 Å². The molecule has 2 unspecified atom stereocenters. The molecule has 0 N–H and O–H groups in total. The topological polar surface area (TPSA) is 61.6 Å². The molecule has 0 radical (unpaired) electrons. The summed E-state index contributed by atoms with van der Waals surface area (Å²) in [6, 6.07) is 11.1. The fourth-order valence-corrected chi connectivity index (χ4v) is 2.55. The summed E-state index contributed by atoms with van der Waals surface area (Å²) in [5.74, 6) is 0.762. The minimum Gasteiger partial charge on any atom is -0.487 e. The van der Waals surface area contributed by atoms with Crippen LogP contribution in [-0.2, 0) is 11.3 Å². The number of esters is 1. The summed E-state index contributed by atoms with van der Waals surface area (Å²) in [5, 5.41) is 0.701. The van der Waals surface area contributed by atoms with Crippen LogP contribution in [0.15, 0.2) is 53.3 Å². The summed E-state index contributed by atoms with van der Waals surface area (Å²) >= 11 is 0. The first-order chi connectivity index (χ1) is 11.7. The van der Waals surface area contributed by atoms with Crippen molar-refractivity contribution in [3.05, 3.63) is 60.1 Å². The Labute approximate surface area is 139 Å². The number of rotatable bonds is 5. The molecule has 24 heavy (non-hydrogen) atoms. The van der Waals surface area contributed by atoms with Gasteiger partial charge in [0.05, 0.1) is 5.69 Å². The van der Waals surface area contributed by atoms with Crippen molar-refractivity contribution in [2.45, 2.75) is 26.1 Å². The lowest BCUT2D eigenvalue weighted by atomic mass is 10.1. The molecular formula is C19H17NO4. The van der Waals surface area contributed by atoms with E-state index in [4.69, 9.17) is 13.9 Å². The lowest BCUT2D eigenvalue weighted by molar-refractivity contribution is 0.0455. The zero-order chi connectivity index (χ0) is 16.5. The van der Waals surface area contributed by atoms with Crippen molar-refractivity contribution >= 4 is 16.9 Å². The lowest BCUT2D eigenvalue weighted by Gasteiger charge is -2.06. The molecule has 2 aromatic heterocycles. The van der Waals surface area contributed by atoms with Crippen molar-refractivity contribution in [1.82, 2.24) is 4.98 Å². The van der Waals surface area contributed by atoms with Gasteiger partial charge in [0.25, 0.3) is 0 Å². The van der Waals surface area contributed by atoms with Crippen molar-refractivity contribution < 1.29 is 18.7 Å². The molecule has 1 aliphatic rings. The first-order valence-electron chi connectivity index (χ1n) is 7.95. The SMILES string of the molecule is CC1CC1OC(=O)c1coc2ccc(OCc3ccccn3)cc12. The molecule has 5 heteroatoms. The maximum absolute atomic E-state index is 12.3. The third kappa shape index (κ3) is 2.97. The zero-order valence-electron chi connectivity index (χ0n) is 13.3. The molecular weight excluding hydrogens is 306 g/mol. The van der Waals surface area contributed by atoms with Crippen LogP contribution in [0.2, 0.25) is 0 Å². The number of furan rings is 1. The Morgan fingerprint density at radius 2 is 2.21 bits per heavy atom. The molecule has 3 aromatic rings. The highest BCUT2D eigenvalue weighted by molar-refractivity contribution is 6.03. The predicted molar refractivity (Wildman–Crippen MR) is 87.8 cm³/mol. The van der Waals surface area contributed by atoms with Crippen LogP contribution in [-0.4, -0.2) is 17.1 Å². The first kappa shape index (κ1) is 14.8. The van der Waals surface area contributed by atoms with Crippen LogP contribution >= 0.6 is 0 Å². The molecule has 122 valence electrons. The molecule has 0 amide bonds. The Hall–Kier alpha value is -2.82. The molecule has 2 heterocycles. The van der Waals surface area contributed by atoms with E-state index in [1.807, 2.05) is 24.3 Å². The molecule has 1 fully saturated rings. The summed E-state index contributed by atoms with van der Waals surface area (Å²) in [4.78, 5) is 16.5. The largest absolute Gasteiger partial charge is 0.487 e. The second-order valence-corrected chi connectivity index (χ2v) is 6.07. The van der Waals surface area contributed by atoms with Crippen LogP contribution < -0.4 is 4.74 Å². The number of pyridine rings is 1. The molecule has 4 rings (SSSR count). The Morgan fingerprint density at radius 3 is 2.96 bits per heavy atom. The number of benzene rings is 1. The number of hydrogen-bond donors (Lipinski definition) is 0. The summed E-state index contributed by atoms with van der Waals surface area (Å²) in [6.45, 7) is 2.43. The molecule has 2 atom stereocenters. The van der Waals surface area contributed by atoms with Gasteiger partial charge in [-0.2, -0.15) is 0 Å². The molecule has 0 bridgehead atoms. The van der Waals surface area contributed by atoms with Gasteiger partial charge in [-0.1, -0.05) is 13.0 Å². The van der Waals surface area contributed by atoms with Crippen LogP contribution in [0.5, 0.6) is 5.75 Å². The average Bonchev–Trinajstić information content (AvgIpc) is 3.13. The number of ether oxygens (including phenoxy) is 2. The number of nitrogens with zero attached hydrogens (tertiary/aromatic N) is 1. The molecule has 0 saturated heterocycles. The van der Waals surface area contributed by atoms with Crippen LogP contribution in [0, 0.1) is 5.92 Å². The van der Waals surface area contributed by atoms with Crippen LogP contribution in [0.25, 0.3) is 11.0 Å². The molecule has 5 nitrogen and oxygen atoms in total. The third-order valence-electron chi connectivity index (χ3n) is 4.17. The standard InChI is InChI=1S/C19H17NO4/c1-12-8-18(12)24-19(21)16-11-23-17-6-5-14(9-15(16)17)22-10-13-4-2-3-7-20-13/h2-7,9,11-12,18H,8,10H2,1H3. The van der Waals surface area contributed by atoms with Crippen LogP contribution in [0.4, 0.5) is 0 Å². The third-order valence-corrected chi connectivity index (χ3v) is 4.17. The first-order valence-corrected chi connectivity index (χ1v) is 7.95. The predicted octanol–water partition coefficient (Wildman–Crippen LogP) is 3.97. The molecule has 0 aliphatic heterocycles. The normalized spacial score (nSPS) is 19.2. The van der Waals surface area contributed by atoms with E-state index in [2.05, 4.69) is 11.9 Å². The Bertz CT molecular complexity index is 871. The van der Waals surface area contributed by atoms with E-state index in [1.54, 1.807) is 18.3 Å². The van der Waals surface area contributed by atoms with Crippen LogP contribution in [0.3, 0.4) is 0 Å². The van der Waals surface area contributed by atoms with E-state index in [0.29, 0.717) is 34.8 Å². The smallest absolute Gasteiger partial charge is 0.342 e. The van der Waals surface area contributed by atoms with E-state index in [1.165, 1.54) is 6.26 Å². The van der Waals surface area contributed by atoms with Crippen molar-refractivity contribution in [2.75, 3.05) is 0 Å². The summed E-state index contributed by atoms with van der Waals surface area (Å²) < 4.78 is 16.7. The Morgan fingerprint density at radius 1 is 1.33 bits per heavy atom. The van der Waals surface area contributed by atoms with Crippen LogP contribution in [0.1, 0.15) is 29.4 Å². The van der Waals surface area contributed by atoms with E-state index in [0.717, 1.165) is 12.1 Å². The minimum absolute atomic E-state index is 0.0334. The number of carbonyl (C=O) groups excluding carboxylic acids is 1. The van der Waals surface area contributed by atoms with Crippen molar-refractivity contribution in [1.29, 1.82) is 0 Å². The van der Waals surface area contributed by atoms with Gasteiger partial charge in [0.1, 0.15) is 35.9 Å². The van der Waals surface area contributed by atoms with Crippen molar-refractivity contribution in [2.24, 2.45) is 5.92 Å². The Kier molecular flexibility index (Phi) is 3.69. The highest BCUT2D eigenvalue weighted by Crippen LogP contribution is 2.34. The fourth-order valence-electron chi connectivity index (χ4n) is 2.55. The Balaban J connectivity index is 1.53. The van der Waals surface area contributed by atoms with Gasteiger partial charge in [-0.25, -0.2) is 4.79 Å². The second kappa shape index (κ2) is 6.00. The van der Waals surface area contributed by atoms with Gasteiger partial charge >= 0.3 is 5.97 Å². The quantitative estimate of drug-likeness (QED) is 0.665. The van der Waals surface area contributed by atoms with Gasteiger partial charge < -0.3 is 13.9 Å². The molecule has 1 aliphatic carbocycles. The number of hydrogen-bond acceptors (Lipinski definition) is 5. The van der Waals surface area contributed by atoms with E-state index < -0.39 is 0 Å². The molecule has 1 saturated carbocycles. The van der Waals surface area contributed by atoms with E-state index in [9.17, 15) is 4.79 Å². The maximum atomic E-state index is 12.3. The average molecular weight is 323 g/mol. The van der Waals surface area contributed by atoms with Gasteiger partial charge in [0.2, 0.25) is 0 Å². The van der Waals surface area contributed by atoms with E-state index in [-0.39, 0.29) is 12.1 Å². The highest BCUT2D eigenvalue weighted by atomic mass is 16.5. The number of fused-ring (bicyclic) bond motifs is 1. The van der Waals surface area contributed by atoms with E-state index >= 15 is 0 Å². The maximum Gasteiger partial charge on any atom is 0.342 e. The summed E-state index contributed by atoms with van der Waals surface area (Å²) in [5.41, 5.74) is 1.91. The fraction of sp³-hybridized carbons (Fsp3) is 0.263. The lowest BCUT2D eigenvalue weighted by Crippen LogP contribution is -2.07. The van der Waals surface area contributed by atoms with Gasteiger partial charge in [-0.05, 0) is 42.7 Å². The van der Waals surface area contributed by atoms with Crippen molar-refractivity contribution in [3.63, 3.8) is 0 Å². The molecule has 1 aromatic carbocycles. The van der Waals surface area contributed by atoms with Gasteiger partial charge in [-0.3, -0.25) is 4.98 Å². The van der Waals surface area contributed by atoms with Gasteiger partial charge in [0.15, 0.2) is 0 Å². The van der Waals surface area contributed by atoms with Crippen molar-refractivity contribution in [3.8, 4) is 5.75 Å². The molecule has 0 spiro atoms.